The number of aryl methyl sites for hydroxylation is 1. The minimum atomic E-state index is -0.0546. The molecular weight excluding hydrogens is 262 g/mol. The van der Waals surface area contributed by atoms with Crippen molar-refractivity contribution in [2.45, 2.75) is 59.3 Å². The SMILES string of the molecule is CCc1cc(C(=O)NCCCCCCC(C)C)cc(N)n1. The summed E-state index contributed by atoms with van der Waals surface area (Å²) in [6, 6.07) is 3.45. The fourth-order valence-electron chi connectivity index (χ4n) is 2.26. The van der Waals surface area contributed by atoms with E-state index in [1.54, 1.807) is 6.07 Å². The van der Waals surface area contributed by atoms with Gasteiger partial charge in [0.1, 0.15) is 5.82 Å². The summed E-state index contributed by atoms with van der Waals surface area (Å²) < 4.78 is 0. The molecule has 0 atom stereocenters. The number of hydrogen-bond acceptors (Lipinski definition) is 3. The topological polar surface area (TPSA) is 68.0 Å². The molecule has 1 aromatic heterocycles. The summed E-state index contributed by atoms with van der Waals surface area (Å²) in [7, 11) is 0. The number of unbranched alkanes of at least 4 members (excludes halogenated alkanes) is 3. The van der Waals surface area contributed by atoms with Gasteiger partial charge in [0.15, 0.2) is 0 Å². The summed E-state index contributed by atoms with van der Waals surface area (Å²) in [5.41, 5.74) is 7.18. The van der Waals surface area contributed by atoms with Gasteiger partial charge in [-0.2, -0.15) is 0 Å². The monoisotopic (exact) mass is 291 g/mol. The molecule has 0 saturated heterocycles. The zero-order valence-electron chi connectivity index (χ0n) is 13.6. The van der Waals surface area contributed by atoms with Crippen LogP contribution in [0.1, 0.15) is 68.9 Å². The number of carbonyl (C=O) groups is 1. The summed E-state index contributed by atoms with van der Waals surface area (Å²) in [6.45, 7) is 7.24. The number of nitrogens with zero attached hydrogens (tertiary/aromatic N) is 1. The van der Waals surface area contributed by atoms with Gasteiger partial charge in [-0.05, 0) is 30.9 Å². The van der Waals surface area contributed by atoms with Crippen molar-refractivity contribution in [3.05, 3.63) is 23.4 Å². The standard InChI is InChI=1S/C17H29N3O/c1-4-15-11-14(12-16(18)20-15)17(21)19-10-8-6-5-7-9-13(2)3/h11-13H,4-10H2,1-3H3,(H2,18,20)(H,19,21). The minimum absolute atomic E-state index is 0.0546. The molecule has 4 nitrogen and oxygen atoms in total. The van der Waals surface area contributed by atoms with Crippen molar-refractivity contribution < 1.29 is 4.79 Å². The molecule has 118 valence electrons. The van der Waals surface area contributed by atoms with Crippen molar-refractivity contribution in [1.82, 2.24) is 10.3 Å². The molecule has 0 fully saturated rings. The summed E-state index contributed by atoms with van der Waals surface area (Å²) in [4.78, 5) is 16.2. The number of hydrogen-bond donors (Lipinski definition) is 2. The molecule has 1 heterocycles. The van der Waals surface area contributed by atoms with Crippen LogP contribution in [0.3, 0.4) is 0 Å². The highest BCUT2D eigenvalue weighted by molar-refractivity contribution is 5.94. The Morgan fingerprint density at radius 3 is 2.62 bits per heavy atom. The number of anilines is 1. The lowest BCUT2D eigenvalue weighted by atomic mass is 10.0. The highest BCUT2D eigenvalue weighted by Crippen LogP contribution is 2.10. The summed E-state index contributed by atoms with van der Waals surface area (Å²) in [5.74, 6) is 1.14. The van der Waals surface area contributed by atoms with E-state index in [2.05, 4.69) is 24.1 Å². The largest absolute Gasteiger partial charge is 0.384 e. The van der Waals surface area contributed by atoms with Crippen LogP contribution < -0.4 is 11.1 Å². The molecule has 0 aliphatic carbocycles. The first kappa shape index (κ1) is 17.5. The van der Waals surface area contributed by atoms with E-state index in [-0.39, 0.29) is 5.91 Å². The van der Waals surface area contributed by atoms with E-state index in [0.29, 0.717) is 11.4 Å². The van der Waals surface area contributed by atoms with Gasteiger partial charge in [0.2, 0.25) is 0 Å². The average molecular weight is 291 g/mol. The number of nitrogens with two attached hydrogens (primary N) is 1. The van der Waals surface area contributed by atoms with Crippen molar-refractivity contribution in [1.29, 1.82) is 0 Å². The Bertz CT molecular complexity index is 444. The average Bonchev–Trinajstić information content (AvgIpc) is 2.44. The fourth-order valence-corrected chi connectivity index (χ4v) is 2.26. The molecule has 0 spiro atoms. The molecule has 21 heavy (non-hydrogen) atoms. The maximum absolute atomic E-state index is 12.0. The minimum Gasteiger partial charge on any atom is -0.384 e. The highest BCUT2D eigenvalue weighted by Gasteiger charge is 2.07. The molecule has 4 heteroatoms. The van der Waals surface area contributed by atoms with E-state index in [4.69, 9.17) is 5.73 Å². The Kier molecular flexibility index (Phi) is 7.80. The van der Waals surface area contributed by atoms with Crippen LogP contribution in [0.15, 0.2) is 12.1 Å². The van der Waals surface area contributed by atoms with Gasteiger partial charge in [0, 0.05) is 17.8 Å². The van der Waals surface area contributed by atoms with Gasteiger partial charge in [0.25, 0.3) is 5.91 Å². The molecular formula is C17H29N3O. The van der Waals surface area contributed by atoms with Crippen molar-refractivity contribution in [3.63, 3.8) is 0 Å². The second-order valence-electron chi connectivity index (χ2n) is 5.98. The lowest BCUT2D eigenvalue weighted by molar-refractivity contribution is 0.0952. The van der Waals surface area contributed by atoms with E-state index in [1.165, 1.54) is 25.7 Å². The number of aromatic nitrogens is 1. The number of nitrogens with one attached hydrogen (secondary N) is 1. The predicted octanol–water partition coefficient (Wildman–Crippen LogP) is 3.56. The predicted molar refractivity (Wildman–Crippen MR) is 88.3 cm³/mol. The molecule has 0 aliphatic heterocycles. The van der Waals surface area contributed by atoms with Crippen molar-refractivity contribution in [2.75, 3.05) is 12.3 Å². The number of carbonyl (C=O) groups excluding carboxylic acids is 1. The van der Waals surface area contributed by atoms with Crippen molar-refractivity contribution in [3.8, 4) is 0 Å². The summed E-state index contributed by atoms with van der Waals surface area (Å²) in [6.07, 6.45) is 6.81. The molecule has 0 unspecified atom stereocenters. The third-order valence-electron chi connectivity index (χ3n) is 3.52. The van der Waals surface area contributed by atoms with Gasteiger partial charge in [-0.25, -0.2) is 4.98 Å². The second kappa shape index (κ2) is 9.37. The lowest BCUT2D eigenvalue weighted by Gasteiger charge is -2.08. The first-order valence-corrected chi connectivity index (χ1v) is 8.07. The van der Waals surface area contributed by atoms with E-state index in [0.717, 1.165) is 31.0 Å². The first-order chi connectivity index (χ1) is 10.0. The molecule has 1 amide bonds. The molecule has 0 radical (unpaired) electrons. The molecule has 1 aromatic rings. The smallest absolute Gasteiger partial charge is 0.251 e. The summed E-state index contributed by atoms with van der Waals surface area (Å²) >= 11 is 0. The van der Waals surface area contributed by atoms with Crippen LogP contribution in [-0.4, -0.2) is 17.4 Å². The zero-order valence-corrected chi connectivity index (χ0v) is 13.6. The van der Waals surface area contributed by atoms with Crippen LogP contribution in [0.5, 0.6) is 0 Å². The van der Waals surface area contributed by atoms with Gasteiger partial charge in [-0.15, -0.1) is 0 Å². The van der Waals surface area contributed by atoms with Gasteiger partial charge in [-0.1, -0.05) is 46.5 Å². The number of nitrogen functional groups attached to an aromatic ring is 1. The lowest BCUT2D eigenvalue weighted by Crippen LogP contribution is -2.24. The zero-order chi connectivity index (χ0) is 15.7. The van der Waals surface area contributed by atoms with E-state index < -0.39 is 0 Å². The van der Waals surface area contributed by atoms with Crippen LogP contribution >= 0.6 is 0 Å². The van der Waals surface area contributed by atoms with Gasteiger partial charge < -0.3 is 11.1 Å². The Labute approximate surface area is 128 Å². The van der Waals surface area contributed by atoms with Gasteiger partial charge >= 0.3 is 0 Å². The van der Waals surface area contributed by atoms with Crippen LogP contribution in [0, 0.1) is 5.92 Å². The number of rotatable bonds is 9. The molecule has 1 rings (SSSR count). The third kappa shape index (κ3) is 7.11. The molecule has 3 N–H and O–H groups in total. The molecule has 0 aromatic carbocycles. The van der Waals surface area contributed by atoms with Crippen LogP contribution in [0.25, 0.3) is 0 Å². The van der Waals surface area contributed by atoms with E-state index in [1.807, 2.05) is 13.0 Å². The highest BCUT2D eigenvalue weighted by atomic mass is 16.1. The molecule has 0 aliphatic rings. The van der Waals surface area contributed by atoms with Crippen molar-refractivity contribution >= 4 is 11.7 Å². The Hall–Kier alpha value is -1.58. The molecule has 0 saturated carbocycles. The van der Waals surface area contributed by atoms with Gasteiger partial charge in [0.05, 0.1) is 0 Å². The quantitative estimate of drug-likeness (QED) is 0.683. The summed E-state index contributed by atoms with van der Waals surface area (Å²) in [5, 5.41) is 2.95. The fraction of sp³-hybridized carbons (Fsp3) is 0.647. The molecule has 0 bridgehead atoms. The Balaban J connectivity index is 2.26. The second-order valence-corrected chi connectivity index (χ2v) is 5.98. The normalized spacial score (nSPS) is 10.9. The Morgan fingerprint density at radius 1 is 1.24 bits per heavy atom. The maximum Gasteiger partial charge on any atom is 0.251 e. The van der Waals surface area contributed by atoms with E-state index >= 15 is 0 Å². The Morgan fingerprint density at radius 2 is 1.95 bits per heavy atom. The number of pyridine rings is 1. The van der Waals surface area contributed by atoms with Crippen LogP contribution in [-0.2, 0) is 6.42 Å². The third-order valence-corrected chi connectivity index (χ3v) is 3.52. The first-order valence-electron chi connectivity index (χ1n) is 8.07. The van der Waals surface area contributed by atoms with E-state index in [9.17, 15) is 4.79 Å². The maximum atomic E-state index is 12.0. The van der Waals surface area contributed by atoms with Crippen molar-refractivity contribution in [2.24, 2.45) is 5.92 Å². The van der Waals surface area contributed by atoms with Gasteiger partial charge in [-0.3, -0.25) is 4.79 Å². The number of amides is 1. The van der Waals surface area contributed by atoms with Crippen LogP contribution in [0.2, 0.25) is 0 Å². The van der Waals surface area contributed by atoms with Crippen LogP contribution in [0.4, 0.5) is 5.82 Å².